The fraction of sp³-hybridized carbons (Fsp3) is 0.136. The molecule has 29 heavy (non-hydrogen) atoms. The number of nitrogens with one attached hydrogen (secondary N) is 1. The summed E-state index contributed by atoms with van der Waals surface area (Å²) in [4.78, 5) is 16.5. The maximum atomic E-state index is 12.5. The largest absolute Gasteiger partial charge is 0.486 e. The Morgan fingerprint density at radius 1 is 1.14 bits per heavy atom. The zero-order chi connectivity index (χ0) is 19.6. The highest BCUT2D eigenvalue weighted by molar-refractivity contribution is 6.06. The molecule has 4 aromatic rings. The maximum absolute atomic E-state index is 12.5. The van der Waals surface area contributed by atoms with Gasteiger partial charge in [0.25, 0.3) is 5.91 Å². The van der Waals surface area contributed by atoms with E-state index in [1.807, 2.05) is 47.3 Å². The van der Waals surface area contributed by atoms with Crippen molar-refractivity contribution in [3.63, 3.8) is 0 Å². The Balaban J connectivity index is 1.31. The Labute approximate surface area is 166 Å². The summed E-state index contributed by atoms with van der Waals surface area (Å²) < 4.78 is 13.6. The number of hydrogen-bond acceptors (Lipinski definition) is 5. The number of nitrogens with zero attached hydrogens (tertiary/aromatic N) is 3. The first-order chi connectivity index (χ1) is 14.2. The number of aromatic nitrogens is 3. The van der Waals surface area contributed by atoms with E-state index < -0.39 is 0 Å². The molecule has 144 valence electrons. The predicted octanol–water partition coefficient (Wildman–Crippen LogP) is 3.52. The molecule has 5 rings (SSSR count). The van der Waals surface area contributed by atoms with Gasteiger partial charge >= 0.3 is 0 Å². The SMILES string of the molecule is O=C(Nc1cccnc1)c1ccc2nn(CC3COc4ccccc4O3)cc2c1. The third-order valence-corrected chi connectivity index (χ3v) is 4.69. The van der Waals surface area contributed by atoms with Crippen molar-refractivity contribution in [2.45, 2.75) is 12.6 Å². The molecule has 0 bridgehead atoms. The molecule has 0 radical (unpaired) electrons. The van der Waals surface area contributed by atoms with E-state index in [1.54, 1.807) is 30.6 Å². The second-order valence-corrected chi connectivity index (χ2v) is 6.82. The number of benzene rings is 2. The van der Waals surface area contributed by atoms with Crippen molar-refractivity contribution in [1.82, 2.24) is 14.8 Å². The normalized spacial score (nSPS) is 15.2. The molecule has 1 unspecified atom stereocenters. The van der Waals surface area contributed by atoms with Gasteiger partial charge in [0.15, 0.2) is 17.6 Å². The minimum Gasteiger partial charge on any atom is -0.486 e. The molecule has 2 aromatic carbocycles. The fourth-order valence-electron chi connectivity index (χ4n) is 3.31. The first kappa shape index (κ1) is 17.2. The summed E-state index contributed by atoms with van der Waals surface area (Å²) in [5, 5.41) is 8.32. The fourth-order valence-corrected chi connectivity index (χ4v) is 3.31. The number of hydrogen-bond donors (Lipinski definition) is 1. The van der Waals surface area contributed by atoms with Crippen LogP contribution in [0.25, 0.3) is 10.9 Å². The number of fused-ring (bicyclic) bond motifs is 2. The molecule has 7 nitrogen and oxygen atoms in total. The summed E-state index contributed by atoms with van der Waals surface area (Å²) in [6, 6.07) is 16.7. The predicted molar refractivity (Wildman–Crippen MR) is 108 cm³/mol. The monoisotopic (exact) mass is 386 g/mol. The Morgan fingerprint density at radius 2 is 2.03 bits per heavy atom. The summed E-state index contributed by atoms with van der Waals surface area (Å²) in [5.74, 6) is 1.32. The molecule has 1 aliphatic heterocycles. The summed E-state index contributed by atoms with van der Waals surface area (Å²) >= 11 is 0. The van der Waals surface area contributed by atoms with Crippen LogP contribution in [0.15, 0.2) is 73.2 Å². The molecule has 0 fully saturated rings. The summed E-state index contributed by atoms with van der Waals surface area (Å²) in [5.41, 5.74) is 2.04. The van der Waals surface area contributed by atoms with Crippen LogP contribution in [0.4, 0.5) is 5.69 Å². The van der Waals surface area contributed by atoms with Crippen molar-refractivity contribution in [3.8, 4) is 11.5 Å². The number of carbonyl (C=O) groups excluding carboxylic acids is 1. The number of carbonyl (C=O) groups is 1. The van der Waals surface area contributed by atoms with E-state index in [0.717, 1.165) is 22.4 Å². The standard InChI is InChI=1S/C22H18N4O3/c27-22(24-17-4-3-9-23-11-17)15-7-8-19-16(10-15)12-26(25-19)13-18-14-28-20-5-1-2-6-21(20)29-18/h1-12,18H,13-14H2,(H,24,27). The van der Waals surface area contributed by atoms with Crippen molar-refractivity contribution >= 4 is 22.5 Å². The van der Waals surface area contributed by atoms with Crippen molar-refractivity contribution in [3.05, 3.63) is 78.8 Å². The van der Waals surface area contributed by atoms with Gasteiger partial charge in [-0.2, -0.15) is 5.10 Å². The number of amides is 1. The molecule has 1 N–H and O–H groups in total. The summed E-state index contributed by atoms with van der Waals surface area (Å²) in [6.07, 6.45) is 5.06. The van der Waals surface area contributed by atoms with E-state index in [1.165, 1.54) is 0 Å². The second-order valence-electron chi connectivity index (χ2n) is 6.82. The third kappa shape index (κ3) is 3.62. The number of anilines is 1. The number of rotatable bonds is 4. The molecule has 1 aliphatic rings. The van der Waals surface area contributed by atoms with Crippen molar-refractivity contribution in [2.24, 2.45) is 0 Å². The van der Waals surface area contributed by atoms with E-state index in [2.05, 4.69) is 15.4 Å². The average molecular weight is 386 g/mol. The highest BCUT2D eigenvalue weighted by Gasteiger charge is 2.21. The van der Waals surface area contributed by atoms with Gasteiger partial charge in [-0.05, 0) is 42.5 Å². The Morgan fingerprint density at radius 3 is 2.90 bits per heavy atom. The lowest BCUT2D eigenvalue weighted by Gasteiger charge is -2.26. The lowest BCUT2D eigenvalue weighted by Crippen LogP contribution is -2.33. The smallest absolute Gasteiger partial charge is 0.255 e. The molecule has 1 amide bonds. The van der Waals surface area contributed by atoms with Gasteiger partial charge in [0, 0.05) is 23.3 Å². The Kier molecular flexibility index (Phi) is 4.32. The van der Waals surface area contributed by atoms with Gasteiger partial charge in [-0.25, -0.2) is 0 Å². The topological polar surface area (TPSA) is 78.3 Å². The van der Waals surface area contributed by atoms with E-state index in [9.17, 15) is 4.79 Å². The zero-order valence-electron chi connectivity index (χ0n) is 15.5. The molecule has 0 spiro atoms. The summed E-state index contributed by atoms with van der Waals surface area (Å²) in [7, 11) is 0. The number of ether oxygens (including phenoxy) is 2. The Hall–Kier alpha value is -3.87. The molecule has 0 saturated heterocycles. The molecule has 3 heterocycles. The highest BCUT2D eigenvalue weighted by atomic mass is 16.6. The van der Waals surface area contributed by atoms with Crippen LogP contribution in [0.3, 0.4) is 0 Å². The first-order valence-corrected chi connectivity index (χ1v) is 9.32. The molecule has 1 atom stereocenters. The Bertz CT molecular complexity index is 1170. The van der Waals surface area contributed by atoms with E-state index in [4.69, 9.17) is 9.47 Å². The molecular weight excluding hydrogens is 368 g/mol. The first-order valence-electron chi connectivity index (χ1n) is 9.32. The van der Waals surface area contributed by atoms with E-state index in [0.29, 0.717) is 24.4 Å². The molecular formula is C22H18N4O3. The van der Waals surface area contributed by atoms with Crippen LogP contribution in [0.5, 0.6) is 11.5 Å². The summed E-state index contributed by atoms with van der Waals surface area (Å²) in [6.45, 7) is 1.02. The minimum absolute atomic E-state index is 0.132. The van der Waals surface area contributed by atoms with Crippen LogP contribution in [0.2, 0.25) is 0 Å². The number of para-hydroxylation sites is 2. The van der Waals surface area contributed by atoms with Crippen LogP contribution in [-0.2, 0) is 6.54 Å². The van der Waals surface area contributed by atoms with E-state index in [-0.39, 0.29) is 12.0 Å². The molecule has 0 saturated carbocycles. The quantitative estimate of drug-likeness (QED) is 0.581. The van der Waals surface area contributed by atoms with Crippen LogP contribution in [-0.4, -0.2) is 33.4 Å². The number of pyridine rings is 1. The van der Waals surface area contributed by atoms with Crippen molar-refractivity contribution in [2.75, 3.05) is 11.9 Å². The van der Waals surface area contributed by atoms with Gasteiger partial charge in [-0.3, -0.25) is 14.5 Å². The third-order valence-electron chi connectivity index (χ3n) is 4.69. The molecule has 2 aromatic heterocycles. The van der Waals surface area contributed by atoms with Gasteiger partial charge in [-0.15, -0.1) is 0 Å². The molecule has 7 heteroatoms. The van der Waals surface area contributed by atoms with Crippen LogP contribution < -0.4 is 14.8 Å². The second kappa shape index (κ2) is 7.27. The lowest BCUT2D eigenvalue weighted by atomic mass is 10.1. The van der Waals surface area contributed by atoms with Gasteiger partial charge in [0.1, 0.15) is 6.61 Å². The van der Waals surface area contributed by atoms with Gasteiger partial charge in [0.05, 0.1) is 23.9 Å². The zero-order valence-corrected chi connectivity index (χ0v) is 15.5. The van der Waals surface area contributed by atoms with Crippen molar-refractivity contribution < 1.29 is 14.3 Å². The lowest BCUT2D eigenvalue weighted by molar-refractivity contribution is 0.0760. The molecule has 0 aliphatic carbocycles. The minimum atomic E-state index is -0.187. The van der Waals surface area contributed by atoms with Gasteiger partial charge in [-0.1, -0.05) is 12.1 Å². The van der Waals surface area contributed by atoms with Crippen LogP contribution in [0, 0.1) is 0 Å². The average Bonchev–Trinajstić information content (AvgIpc) is 3.15. The maximum Gasteiger partial charge on any atom is 0.255 e. The van der Waals surface area contributed by atoms with Crippen molar-refractivity contribution in [1.29, 1.82) is 0 Å². The van der Waals surface area contributed by atoms with Crippen LogP contribution in [0.1, 0.15) is 10.4 Å². The van der Waals surface area contributed by atoms with Gasteiger partial charge in [0.2, 0.25) is 0 Å². The van der Waals surface area contributed by atoms with Crippen LogP contribution >= 0.6 is 0 Å². The van der Waals surface area contributed by atoms with E-state index >= 15 is 0 Å². The highest BCUT2D eigenvalue weighted by Crippen LogP contribution is 2.31. The van der Waals surface area contributed by atoms with Gasteiger partial charge < -0.3 is 14.8 Å².